The van der Waals surface area contributed by atoms with E-state index in [1.807, 2.05) is 32.0 Å². The lowest BCUT2D eigenvalue weighted by Gasteiger charge is -2.15. The van der Waals surface area contributed by atoms with Crippen molar-refractivity contribution in [3.63, 3.8) is 0 Å². The van der Waals surface area contributed by atoms with Gasteiger partial charge in [-0.15, -0.1) is 0 Å². The van der Waals surface area contributed by atoms with Crippen LogP contribution in [0.3, 0.4) is 0 Å². The summed E-state index contributed by atoms with van der Waals surface area (Å²) in [4.78, 5) is 36.4. The van der Waals surface area contributed by atoms with Gasteiger partial charge in [0.2, 0.25) is 0 Å². The molecule has 3 amide bonds. The molecule has 0 radical (unpaired) electrons. The summed E-state index contributed by atoms with van der Waals surface area (Å²) in [5.41, 5.74) is 5.05. The third kappa shape index (κ3) is 7.37. The highest BCUT2D eigenvalue weighted by molar-refractivity contribution is 9.10. The Morgan fingerprint density at radius 1 is 1.00 bits per heavy atom. The van der Waals surface area contributed by atoms with Gasteiger partial charge in [-0.2, -0.15) is 5.10 Å². The van der Waals surface area contributed by atoms with E-state index in [0.717, 1.165) is 22.9 Å². The molecule has 0 aliphatic heterocycles. The maximum absolute atomic E-state index is 13.6. The van der Waals surface area contributed by atoms with E-state index in [-0.39, 0.29) is 18.2 Å². The Morgan fingerprint density at radius 2 is 1.70 bits per heavy atom. The van der Waals surface area contributed by atoms with Crippen molar-refractivity contribution in [2.24, 2.45) is 5.10 Å². The Bertz CT molecular complexity index is 1340. The number of rotatable bonds is 8. The molecular weight excluding hydrogens is 547 g/mol. The number of nitrogens with one attached hydrogen (secondary N) is 3. The van der Waals surface area contributed by atoms with Crippen LogP contribution in [0.1, 0.15) is 16.7 Å². The van der Waals surface area contributed by atoms with Gasteiger partial charge in [0.05, 0.1) is 23.5 Å². The van der Waals surface area contributed by atoms with E-state index in [2.05, 4.69) is 37.1 Å². The minimum atomic E-state index is -1.08. The van der Waals surface area contributed by atoms with E-state index >= 15 is 0 Å². The molecule has 3 aromatic rings. The second-order valence-electron chi connectivity index (χ2n) is 7.77. The molecule has 0 unspecified atom stereocenters. The van der Waals surface area contributed by atoms with Crippen LogP contribution in [0.5, 0.6) is 11.5 Å². The van der Waals surface area contributed by atoms with E-state index in [9.17, 15) is 18.8 Å². The summed E-state index contributed by atoms with van der Waals surface area (Å²) in [6.45, 7) is 3.55. The Labute approximate surface area is 221 Å². The van der Waals surface area contributed by atoms with Crippen LogP contribution in [0.2, 0.25) is 0 Å². The summed E-state index contributed by atoms with van der Waals surface area (Å²) in [6.07, 6.45) is 1.28. The van der Waals surface area contributed by atoms with E-state index < -0.39 is 17.6 Å². The third-order valence-corrected chi connectivity index (χ3v) is 5.64. The van der Waals surface area contributed by atoms with Crippen molar-refractivity contribution in [1.29, 1.82) is 0 Å². The van der Waals surface area contributed by atoms with Crippen LogP contribution in [0, 0.1) is 19.7 Å². The number of anilines is 2. The third-order valence-electron chi connectivity index (χ3n) is 5.05. The van der Waals surface area contributed by atoms with E-state index in [1.165, 1.54) is 31.5 Å². The molecule has 0 spiro atoms. The summed E-state index contributed by atoms with van der Waals surface area (Å²) >= 11 is 3.38. The number of carbonyl (C=O) groups excluding carboxylic acids is 3. The highest BCUT2D eigenvalue weighted by Gasteiger charge is 2.16. The molecule has 0 saturated heterocycles. The number of para-hydroxylation sites is 2. The molecule has 9 nitrogen and oxygen atoms in total. The Kier molecular flexibility index (Phi) is 9.33. The number of methoxy groups -OCH3 is 1. The first kappa shape index (κ1) is 27.3. The number of amides is 3. The minimum Gasteiger partial charge on any atom is -0.493 e. The van der Waals surface area contributed by atoms with Gasteiger partial charge in [-0.25, -0.2) is 9.82 Å². The number of nitrogens with zero attached hydrogens (tertiary/aromatic N) is 1. The number of halogens is 2. The number of aryl methyl sites for hydroxylation is 2. The van der Waals surface area contributed by atoms with Gasteiger partial charge >= 0.3 is 11.8 Å². The van der Waals surface area contributed by atoms with Crippen molar-refractivity contribution < 1.29 is 28.2 Å². The fourth-order valence-electron chi connectivity index (χ4n) is 3.24. The fraction of sp³-hybridized carbons (Fsp3) is 0.154. The predicted molar refractivity (Wildman–Crippen MR) is 142 cm³/mol. The lowest BCUT2D eigenvalue weighted by molar-refractivity contribution is -0.136. The number of hydrazone groups is 1. The van der Waals surface area contributed by atoms with Gasteiger partial charge in [0.15, 0.2) is 18.1 Å². The van der Waals surface area contributed by atoms with Gasteiger partial charge in [-0.3, -0.25) is 14.4 Å². The molecule has 0 bridgehead atoms. The van der Waals surface area contributed by atoms with Crippen LogP contribution < -0.4 is 25.5 Å². The van der Waals surface area contributed by atoms with Gasteiger partial charge < -0.3 is 20.1 Å². The number of carbonyl (C=O) groups is 3. The van der Waals surface area contributed by atoms with Gasteiger partial charge in [0, 0.05) is 5.69 Å². The molecule has 3 rings (SSSR count). The Morgan fingerprint density at radius 3 is 2.38 bits per heavy atom. The number of ether oxygens (including phenoxy) is 2. The lowest BCUT2D eigenvalue weighted by Crippen LogP contribution is -2.32. The Balaban J connectivity index is 1.61. The summed E-state index contributed by atoms with van der Waals surface area (Å²) in [7, 11) is 1.43. The lowest BCUT2D eigenvalue weighted by atomic mass is 10.1. The first-order valence-corrected chi connectivity index (χ1v) is 11.7. The maximum atomic E-state index is 13.6. The predicted octanol–water partition coefficient (Wildman–Crippen LogP) is 4.32. The molecule has 3 aromatic carbocycles. The van der Waals surface area contributed by atoms with Gasteiger partial charge in [0.1, 0.15) is 5.82 Å². The van der Waals surface area contributed by atoms with Crippen molar-refractivity contribution in [2.45, 2.75) is 13.8 Å². The van der Waals surface area contributed by atoms with Gasteiger partial charge in [-0.05, 0) is 70.7 Å². The Hall–Kier alpha value is -4.25. The van der Waals surface area contributed by atoms with Crippen LogP contribution in [0.25, 0.3) is 0 Å². The molecule has 37 heavy (non-hydrogen) atoms. The average molecular weight is 571 g/mol. The highest BCUT2D eigenvalue weighted by Crippen LogP contribution is 2.36. The molecule has 0 aliphatic rings. The zero-order chi connectivity index (χ0) is 26.9. The second-order valence-corrected chi connectivity index (χ2v) is 8.63. The molecule has 0 heterocycles. The summed E-state index contributed by atoms with van der Waals surface area (Å²) in [5, 5.41) is 8.76. The van der Waals surface area contributed by atoms with Crippen LogP contribution in [-0.4, -0.2) is 37.7 Å². The topological polar surface area (TPSA) is 118 Å². The largest absolute Gasteiger partial charge is 0.493 e. The van der Waals surface area contributed by atoms with Crippen molar-refractivity contribution in [2.75, 3.05) is 24.4 Å². The number of hydrogen-bond acceptors (Lipinski definition) is 6. The van der Waals surface area contributed by atoms with E-state index in [1.54, 1.807) is 12.1 Å². The van der Waals surface area contributed by atoms with E-state index in [0.29, 0.717) is 21.5 Å². The second kappa shape index (κ2) is 12.6. The molecule has 3 N–H and O–H groups in total. The smallest absolute Gasteiger partial charge is 0.329 e. The molecule has 0 aromatic heterocycles. The van der Waals surface area contributed by atoms with Crippen molar-refractivity contribution in [3.8, 4) is 11.5 Å². The minimum absolute atomic E-state index is 0.126. The fourth-order valence-corrected chi connectivity index (χ4v) is 3.81. The monoisotopic (exact) mass is 570 g/mol. The quantitative estimate of drug-likeness (QED) is 0.212. The van der Waals surface area contributed by atoms with Crippen molar-refractivity contribution in [3.05, 3.63) is 81.6 Å². The first-order valence-electron chi connectivity index (χ1n) is 10.9. The zero-order valence-electron chi connectivity index (χ0n) is 20.2. The van der Waals surface area contributed by atoms with Crippen LogP contribution in [-0.2, 0) is 14.4 Å². The van der Waals surface area contributed by atoms with Crippen LogP contribution in [0.15, 0.2) is 64.2 Å². The standard InChI is InChI=1S/C26H24BrFN4O5/c1-15-7-6-8-16(2)23(15)31-22(33)14-37-24-18(27)11-17(12-21(24)36-3)13-29-32-26(35)25(34)30-20-10-5-4-9-19(20)28/h4-13H,14H2,1-3H3,(H,30,34)(H,31,33)(H,32,35)/b29-13-. The van der Waals surface area contributed by atoms with Crippen LogP contribution >= 0.6 is 15.9 Å². The van der Waals surface area contributed by atoms with Crippen molar-refractivity contribution >= 4 is 51.2 Å². The first-order chi connectivity index (χ1) is 17.7. The summed E-state index contributed by atoms with van der Waals surface area (Å²) < 4.78 is 25.2. The summed E-state index contributed by atoms with van der Waals surface area (Å²) in [5.74, 6) is -2.57. The summed E-state index contributed by atoms with van der Waals surface area (Å²) in [6, 6.07) is 14.4. The molecular formula is C26H24BrFN4O5. The average Bonchev–Trinajstić information content (AvgIpc) is 2.86. The SMILES string of the molecule is COc1cc(/C=N\NC(=O)C(=O)Nc2ccccc2F)cc(Br)c1OCC(=O)Nc1c(C)cccc1C. The molecule has 11 heteroatoms. The van der Waals surface area contributed by atoms with Crippen molar-refractivity contribution in [1.82, 2.24) is 5.43 Å². The number of hydrogen-bond donors (Lipinski definition) is 3. The number of benzene rings is 3. The zero-order valence-corrected chi connectivity index (χ0v) is 21.8. The normalized spacial score (nSPS) is 10.6. The molecule has 0 atom stereocenters. The molecule has 0 fully saturated rings. The van der Waals surface area contributed by atoms with Gasteiger partial charge in [0.25, 0.3) is 5.91 Å². The van der Waals surface area contributed by atoms with E-state index in [4.69, 9.17) is 9.47 Å². The van der Waals surface area contributed by atoms with Gasteiger partial charge in [-0.1, -0.05) is 30.3 Å². The molecule has 192 valence electrons. The van der Waals surface area contributed by atoms with Crippen LogP contribution in [0.4, 0.5) is 15.8 Å². The molecule has 0 aliphatic carbocycles. The highest BCUT2D eigenvalue weighted by atomic mass is 79.9. The maximum Gasteiger partial charge on any atom is 0.329 e. The molecule has 0 saturated carbocycles.